The molecule has 0 heterocycles. The van der Waals surface area contributed by atoms with Gasteiger partial charge in [-0.05, 0) is 18.4 Å². The van der Waals surface area contributed by atoms with Crippen LogP contribution in [0.5, 0.6) is 0 Å². The third-order valence-corrected chi connectivity index (χ3v) is 3.40. The first-order valence-corrected chi connectivity index (χ1v) is 7.18. The lowest BCUT2D eigenvalue weighted by atomic mass is 10.0. The number of carbonyl (C=O) groups is 1. The minimum absolute atomic E-state index is 0.0349. The average molecular weight is 329 g/mol. The van der Waals surface area contributed by atoms with E-state index in [0.717, 1.165) is 6.42 Å². The van der Waals surface area contributed by atoms with Crippen molar-refractivity contribution in [1.29, 1.82) is 0 Å². The second kappa shape index (κ2) is 7.23. The van der Waals surface area contributed by atoms with Gasteiger partial charge < -0.3 is 5.32 Å². The highest BCUT2D eigenvalue weighted by Gasteiger charge is 2.21. The van der Waals surface area contributed by atoms with Gasteiger partial charge >= 0.3 is 0 Å². The zero-order valence-corrected chi connectivity index (χ0v) is 12.5. The molecule has 0 fully saturated rings. The summed E-state index contributed by atoms with van der Waals surface area (Å²) in [6.07, 6.45) is 0.817. The van der Waals surface area contributed by atoms with Gasteiger partial charge in [-0.25, -0.2) is 0 Å². The van der Waals surface area contributed by atoms with Gasteiger partial charge in [-0.2, -0.15) is 0 Å². The Morgan fingerprint density at radius 2 is 2.05 bits per heavy atom. The van der Waals surface area contributed by atoms with Crippen LogP contribution in [-0.2, 0) is 0 Å². The third kappa shape index (κ3) is 4.63. The van der Waals surface area contributed by atoms with Crippen molar-refractivity contribution in [2.24, 2.45) is 5.92 Å². The first kappa shape index (κ1) is 15.6. The zero-order valence-electron chi connectivity index (χ0n) is 10.9. The van der Waals surface area contributed by atoms with Crippen molar-refractivity contribution in [3.63, 3.8) is 0 Å². The molecule has 0 radical (unpaired) electrons. The van der Waals surface area contributed by atoms with Gasteiger partial charge in [0, 0.05) is 17.4 Å². The van der Waals surface area contributed by atoms with Crippen molar-refractivity contribution < 1.29 is 9.72 Å². The van der Waals surface area contributed by atoms with Gasteiger partial charge in [-0.3, -0.25) is 14.9 Å². The number of nitrogens with one attached hydrogen (secondary N) is 1. The lowest BCUT2D eigenvalue weighted by Crippen LogP contribution is -2.37. The van der Waals surface area contributed by atoms with Crippen LogP contribution in [0.2, 0.25) is 0 Å². The molecule has 1 aromatic rings. The minimum Gasteiger partial charge on any atom is -0.348 e. The first-order valence-electron chi connectivity index (χ1n) is 6.06. The molecule has 1 rings (SSSR count). The Morgan fingerprint density at radius 1 is 1.42 bits per heavy atom. The lowest BCUT2D eigenvalue weighted by Gasteiger charge is -2.18. The number of amides is 1. The summed E-state index contributed by atoms with van der Waals surface area (Å²) in [5.74, 6) is 0.0333. The van der Waals surface area contributed by atoms with Crippen LogP contribution in [0, 0.1) is 16.0 Å². The third-order valence-electron chi connectivity index (χ3n) is 2.62. The Morgan fingerprint density at radius 3 is 2.58 bits per heavy atom. The van der Waals surface area contributed by atoms with Gasteiger partial charge in [0.05, 0.1) is 4.92 Å². The molecule has 5 nitrogen and oxygen atoms in total. The smallest absolute Gasteiger partial charge is 0.282 e. The second-order valence-electron chi connectivity index (χ2n) is 4.73. The van der Waals surface area contributed by atoms with Crippen LogP contribution in [0.1, 0.15) is 30.6 Å². The number of hydrogen-bond donors (Lipinski definition) is 1. The largest absolute Gasteiger partial charge is 0.348 e. The molecule has 0 spiro atoms. The van der Waals surface area contributed by atoms with Crippen LogP contribution in [0.4, 0.5) is 5.69 Å². The molecule has 0 aromatic heterocycles. The molecule has 19 heavy (non-hydrogen) atoms. The van der Waals surface area contributed by atoms with Crippen LogP contribution < -0.4 is 5.32 Å². The van der Waals surface area contributed by atoms with E-state index in [0.29, 0.717) is 11.2 Å². The summed E-state index contributed by atoms with van der Waals surface area (Å²) >= 11 is 3.34. The first-order chi connectivity index (χ1) is 8.95. The van der Waals surface area contributed by atoms with E-state index in [1.54, 1.807) is 12.1 Å². The maximum Gasteiger partial charge on any atom is 0.282 e. The Kier molecular flexibility index (Phi) is 5.95. The van der Waals surface area contributed by atoms with Crippen LogP contribution >= 0.6 is 15.9 Å². The Hall–Kier alpha value is -1.43. The predicted molar refractivity (Wildman–Crippen MR) is 77.6 cm³/mol. The Labute approximate surface area is 120 Å². The Balaban J connectivity index is 2.86. The molecule has 0 aliphatic heterocycles. The highest BCUT2D eigenvalue weighted by Crippen LogP contribution is 2.18. The summed E-state index contributed by atoms with van der Waals surface area (Å²) in [6, 6.07) is 5.93. The fourth-order valence-electron chi connectivity index (χ4n) is 1.82. The molecule has 0 aliphatic carbocycles. The lowest BCUT2D eigenvalue weighted by molar-refractivity contribution is -0.385. The van der Waals surface area contributed by atoms with E-state index in [4.69, 9.17) is 0 Å². The highest BCUT2D eigenvalue weighted by molar-refractivity contribution is 9.09. The molecule has 0 saturated heterocycles. The van der Waals surface area contributed by atoms with Crippen molar-refractivity contribution in [2.75, 3.05) is 5.33 Å². The van der Waals surface area contributed by atoms with Crippen LogP contribution in [0.15, 0.2) is 24.3 Å². The number of rotatable bonds is 6. The highest BCUT2D eigenvalue weighted by atomic mass is 79.9. The summed E-state index contributed by atoms with van der Waals surface area (Å²) in [6.45, 7) is 4.12. The molecule has 1 unspecified atom stereocenters. The summed E-state index contributed by atoms with van der Waals surface area (Å²) in [4.78, 5) is 22.4. The monoisotopic (exact) mass is 328 g/mol. The maximum absolute atomic E-state index is 12.1. The number of carbonyl (C=O) groups excluding carboxylic acids is 1. The number of alkyl halides is 1. The van der Waals surface area contributed by atoms with E-state index in [1.165, 1.54) is 12.1 Å². The molecule has 1 amide bonds. The van der Waals surface area contributed by atoms with E-state index < -0.39 is 10.8 Å². The van der Waals surface area contributed by atoms with Crippen molar-refractivity contribution in [2.45, 2.75) is 26.3 Å². The summed E-state index contributed by atoms with van der Waals surface area (Å²) in [5.41, 5.74) is -0.0694. The maximum atomic E-state index is 12.1. The van der Waals surface area contributed by atoms with Crippen molar-refractivity contribution in [1.82, 2.24) is 5.32 Å². The minimum atomic E-state index is -0.541. The Bertz CT molecular complexity index is 463. The van der Waals surface area contributed by atoms with Gasteiger partial charge in [0.1, 0.15) is 5.56 Å². The van der Waals surface area contributed by atoms with Crippen molar-refractivity contribution >= 4 is 27.5 Å². The molecular formula is C13H17BrN2O3. The number of hydrogen-bond acceptors (Lipinski definition) is 3. The molecule has 0 saturated carbocycles. The number of nitro benzene ring substituents is 1. The zero-order chi connectivity index (χ0) is 14.4. The van der Waals surface area contributed by atoms with Crippen LogP contribution in [0.25, 0.3) is 0 Å². The van der Waals surface area contributed by atoms with Crippen molar-refractivity contribution in [3.8, 4) is 0 Å². The topological polar surface area (TPSA) is 72.2 Å². The number of nitro groups is 1. The van der Waals surface area contributed by atoms with Crippen molar-refractivity contribution in [3.05, 3.63) is 39.9 Å². The fraction of sp³-hybridized carbons (Fsp3) is 0.462. The van der Waals surface area contributed by atoms with Crippen LogP contribution in [-0.4, -0.2) is 22.2 Å². The molecule has 1 aromatic carbocycles. The number of halogens is 1. The summed E-state index contributed by atoms with van der Waals surface area (Å²) < 4.78 is 0. The standard InChI is InChI=1S/C13H17BrN2O3/c1-9(2)7-10(8-14)15-13(17)11-5-3-4-6-12(11)16(18)19/h3-6,9-10H,7-8H2,1-2H3,(H,15,17). The summed E-state index contributed by atoms with van der Waals surface area (Å²) in [7, 11) is 0. The number of nitrogens with zero attached hydrogens (tertiary/aromatic N) is 1. The second-order valence-corrected chi connectivity index (χ2v) is 5.38. The summed E-state index contributed by atoms with van der Waals surface area (Å²) in [5, 5.41) is 14.3. The van der Waals surface area contributed by atoms with Gasteiger partial charge in [0.15, 0.2) is 0 Å². The van der Waals surface area contributed by atoms with Crippen LogP contribution in [0.3, 0.4) is 0 Å². The van der Waals surface area contributed by atoms with E-state index in [9.17, 15) is 14.9 Å². The molecule has 104 valence electrons. The molecule has 0 aliphatic rings. The average Bonchev–Trinajstić information content (AvgIpc) is 2.37. The van der Waals surface area contributed by atoms with E-state index in [2.05, 4.69) is 35.1 Å². The van der Waals surface area contributed by atoms with E-state index >= 15 is 0 Å². The van der Waals surface area contributed by atoms with E-state index in [-0.39, 0.29) is 17.3 Å². The molecule has 1 N–H and O–H groups in total. The fourth-order valence-corrected chi connectivity index (χ4v) is 2.24. The molecule has 0 bridgehead atoms. The molecule has 1 atom stereocenters. The SMILES string of the molecule is CC(C)CC(CBr)NC(=O)c1ccccc1[N+](=O)[O-]. The van der Waals surface area contributed by atoms with Gasteiger partial charge in [0.2, 0.25) is 0 Å². The molecule has 6 heteroatoms. The van der Waals surface area contributed by atoms with Gasteiger partial charge in [-0.15, -0.1) is 0 Å². The van der Waals surface area contributed by atoms with Gasteiger partial charge in [-0.1, -0.05) is 41.9 Å². The normalized spacial score (nSPS) is 12.2. The van der Waals surface area contributed by atoms with E-state index in [1.807, 2.05) is 0 Å². The molecular weight excluding hydrogens is 312 g/mol. The van der Waals surface area contributed by atoms with Gasteiger partial charge in [0.25, 0.3) is 11.6 Å². The number of para-hydroxylation sites is 1. The number of benzene rings is 1. The predicted octanol–water partition coefficient (Wildman–Crippen LogP) is 3.13. The quantitative estimate of drug-likeness (QED) is 0.495.